The lowest BCUT2D eigenvalue weighted by Crippen LogP contribution is -2.06. The molecule has 0 aliphatic heterocycles. The third kappa shape index (κ3) is 2.23. The smallest absolute Gasteiger partial charge is 0.0433 e. The largest absolute Gasteiger partial charge is 0.122 e. The molecule has 0 N–H and O–H groups in total. The van der Waals surface area contributed by atoms with Crippen LogP contribution in [0.25, 0.3) is 0 Å². The molecule has 0 radical (unpaired) electrons. The molecule has 1 aliphatic rings. The normalized spacial score (nSPS) is 28.8. The molecule has 0 heterocycles. The van der Waals surface area contributed by atoms with Gasteiger partial charge in [0.1, 0.15) is 0 Å². The molecule has 0 aromatic heterocycles. The van der Waals surface area contributed by atoms with E-state index in [-0.39, 0.29) is 0 Å². The zero-order valence-electron chi connectivity index (χ0n) is 7.49. The van der Waals surface area contributed by atoms with Gasteiger partial charge in [-0.05, 0) is 30.6 Å². The summed E-state index contributed by atoms with van der Waals surface area (Å²) in [5, 5.41) is 0. The second-order valence-electron chi connectivity index (χ2n) is 4.40. The van der Waals surface area contributed by atoms with Crippen LogP contribution >= 0.6 is 11.6 Å². The van der Waals surface area contributed by atoms with E-state index in [9.17, 15) is 0 Å². The van der Waals surface area contributed by atoms with Gasteiger partial charge in [-0.25, -0.2) is 0 Å². The van der Waals surface area contributed by atoms with Crippen LogP contribution in [0.15, 0.2) is 12.2 Å². The number of halogens is 1. The highest BCUT2D eigenvalue weighted by atomic mass is 35.5. The summed E-state index contributed by atoms with van der Waals surface area (Å²) >= 11 is 5.73. The van der Waals surface area contributed by atoms with E-state index in [1.807, 2.05) is 0 Å². The molecular weight excluding hydrogens is 156 g/mol. The van der Waals surface area contributed by atoms with E-state index in [4.69, 9.17) is 11.6 Å². The summed E-state index contributed by atoms with van der Waals surface area (Å²) in [5.74, 6) is 1.34. The molecule has 1 saturated carbocycles. The number of allylic oxidation sites excluding steroid dienone is 1. The molecule has 0 bridgehead atoms. The minimum atomic E-state index is 0.527. The Labute approximate surface area is 74.6 Å². The van der Waals surface area contributed by atoms with Crippen molar-refractivity contribution in [2.24, 2.45) is 11.3 Å². The van der Waals surface area contributed by atoms with Crippen LogP contribution < -0.4 is 0 Å². The highest BCUT2D eigenvalue weighted by Crippen LogP contribution is 2.43. The van der Waals surface area contributed by atoms with E-state index in [0.717, 1.165) is 0 Å². The summed E-state index contributed by atoms with van der Waals surface area (Å²) in [6.45, 7) is 8.64. The van der Waals surface area contributed by atoms with Crippen LogP contribution in [0.4, 0.5) is 0 Å². The van der Waals surface area contributed by atoms with E-state index in [1.54, 1.807) is 0 Å². The van der Waals surface area contributed by atoms with Crippen molar-refractivity contribution >= 4 is 11.6 Å². The average Bonchev–Trinajstić information content (AvgIpc) is 2.29. The fourth-order valence-corrected chi connectivity index (χ4v) is 2.11. The SMILES string of the molecule is C=C(CCl)C1CCC(C)(C)C1. The Balaban J connectivity index is 2.48. The first kappa shape index (κ1) is 9.12. The Kier molecular flexibility index (Phi) is 2.64. The van der Waals surface area contributed by atoms with Gasteiger partial charge in [-0.3, -0.25) is 0 Å². The van der Waals surface area contributed by atoms with E-state index < -0.39 is 0 Å². The van der Waals surface area contributed by atoms with Gasteiger partial charge >= 0.3 is 0 Å². The van der Waals surface area contributed by atoms with Gasteiger partial charge in [-0.2, -0.15) is 0 Å². The molecule has 1 fully saturated rings. The lowest BCUT2D eigenvalue weighted by molar-refractivity contribution is 0.370. The molecule has 64 valence electrons. The number of hydrogen-bond donors (Lipinski definition) is 0. The average molecular weight is 173 g/mol. The van der Waals surface area contributed by atoms with E-state index in [2.05, 4.69) is 20.4 Å². The first-order valence-corrected chi connectivity index (χ1v) is 4.82. The molecule has 11 heavy (non-hydrogen) atoms. The predicted octanol–water partition coefficient (Wildman–Crippen LogP) is 3.61. The third-order valence-electron chi connectivity index (χ3n) is 2.72. The van der Waals surface area contributed by atoms with E-state index in [0.29, 0.717) is 17.2 Å². The number of hydrogen-bond acceptors (Lipinski definition) is 0. The molecule has 1 heteroatoms. The van der Waals surface area contributed by atoms with Crippen LogP contribution in [0, 0.1) is 11.3 Å². The van der Waals surface area contributed by atoms with Crippen molar-refractivity contribution in [2.45, 2.75) is 33.1 Å². The van der Waals surface area contributed by atoms with Crippen LogP contribution in [0.3, 0.4) is 0 Å². The molecule has 0 aromatic carbocycles. The predicted molar refractivity (Wildman–Crippen MR) is 51.0 cm³/mol. The zero-order chi connectivity index (χ0) is 8.48. The Hall–Kier alpha value is 0.0300. The lowest BCUT2D eigenvalue weighted by atomic mass is 9.89. The van der Waals surface area contributed by atoms with Gasteiger partial charge in [0.15, 0.2) is 0 Å². The van der Waals surface area contributed by atoms with Gasteiger partial charge < -0.3 is 0 Å². The molecule has 1 rings (SSSR count). The lowest BCUT2D eigenvalue weighted by Gasteiger charge is -2.17. The third-order valence-corrected chi connectivity index (χ3v) is 3.06. The van der Waals surface area contributed by atoms with Crippen LogP contribution in [-0.2, 0) is 0 Å². The van der Waals surface area contributed by atoms with Crippen molar-refractivity contribution in [3.63, 3.8) is 0 Å². The Morgan fingerprint density at radius 3 is 2.64 bits per heavy atom. The first-order chi connectivity index (χ1) is 5.05. The van der Waals surface area contributed by atoms with Gasteiger partial charge in [-0.15, -0.1) is 11.6 Å². The van der Waals surface area contributed by atoms with Gasteiger partial charge in [0, 0.05) is 5.88 Å². The standard InChI is InChI=1S/C10H17Cl/c1-8(7-11)9-4-5-10(2,3)6-9/h9H,1,4-7H2,2-3H3. The van der Waals surface area contributed by atoms with Gasteiger partial charge in [0.2, 0.25) is 0 Å². The maximum absolute atomic E-state index is 5.73. The van der Waals surface area contributed by atoms with Crippen molar-refractivity contribution < 1.29 is 0 Å². The zero-order valence-corrected chi connectivity index (χ0v) is 8.25. The summed E-state index contributed by atoms with van der Waals surface area (Å²) < 4.78 is 0. The molecule has 1 atom stereocenters. The van der Waals surface area contributed by atoms with Gasteiger partial charge in [0.25, 0.3) is 0 Å². The molecule has 1 aliphatic carbocycles. The minimum absolute atomic E-state index is 0.527. The second kappa shape index (κ2) is 3.18. The summed E-state index contributed by atoms with van der Waals surface area (Å²) in [5.41, 5.74) is 1.76. The molecule has 0 amide bonds. The van der Waals surface area contributed by atoms with Gasteiger partial charge in [0.05, 0.1) is 0 Å². The fourth-order valence-electron chi connectivity index (χ4n) is 1.89. The topological polar surface area (TPSA) is 0 Å². The molecule has 1 unspecified atom stereocenters. The van der Waals surface area contributed by atoms with Crippen LogP contribution in [-0.4, -0.2) is 5.88 Å². The monoisotopic (exact) mass is 172 g/mol. The van der Waals surface area contributed by atoms with Crippen molar-refractivity contribution in [2.75, 3.05) is 5.88 Å². The Morgan fingerprint density at radius 2 is 2.27 bits per heavy atom. The fraction of sp³-hybridized carbons (Fsp3) is 0.800. The molecule has 0 spiro atoms. The highest BCUT2D eigenvalue weighted by molar-refractivity contribution is 6.19. The van der Waals surface area contributed by atoms with Crippen molar-refractivity contribution in [3.8, 4) is 0 Å². The summed E-state index contributed by atoms with van der Waals surface area (Å²) in [4.78, 5) is 0. The first-order valence-electron chi connectivity index (χ1n) is 4.29. The maximum atomic E-state index is 5.73. The number of alkyl halides is 1. The summed E-state index contributed by atoms with van der Waals surface area (Å²) in [6, 6.07) is 0. The van der Waals surface area contributed by atoms with E-state index in [1.165, 1.54) is 24.8 Å². The molecule has 0 aromatic rings. The van der Waals surface area contributed by atoms with Crippen molar-refractivity contribution in [3.05, 3.63) is 12.2 Å². The maximum Gasteiger partial charge on any atom is 0.0433 e. The van der Waals surface area contributed by atoms with Crippen LogP contribution in [0.2, 0.25) is 0 Å². The Morgan fingerprint density at radius 1 is 1.64 bits per heavy atom. The minimum Gasteiger partial charge on any atom is -0.122 e. The molecule has 0 nitrogen and oxygen atoms in total. The summed E-state index contributed by atoms with van der Waals surface area (Å²) in [6.07, 6.45) is 3.89. The Bertz CT molecular complexity index is 158. The summed E-state index contributed by atoms with van der Waals surface area (Å²) in [7, 11) is 0. The van der Waals surface area contributed by atoms with Crippen LogP contribution in [0.5, 0.6) is 0 Å². The second-order valence-corrected chi connectivity index (χ2v) is 4.66. The highest BCUT2D eigenvalue weighted by Gasteiger charge is 2.31. The molecule has 0 saturated heterocycles. The van der Waals surface area contributed by atoms with Crippen molar-refractivity contribution in [1.29, 1.82) is 0 Å². The van der Waals surface area contributed by atoms with Gasteiger partial charge in [-0.1, -0.05) is 26.0 Å². The van der Waals surface area contributed by atoms with Crippen LogP contribution in [0.1, 0.15) is 33.1 Å². The number of rotatable bonds is 2. The van der Waals surface area contributed by atoms with E-state index >= 15 is 0 Å². The van der Waals surface area contributed by atoms with Crippen molar-refractivity contribution in [1.82, 2.24) is 0 Å². The molecular formula is C10H17Cl. The quantitative estimate of drug-likeness (QED) is 0.441.